The summed E-state index contributed by atoms with van der Waals surface area (Å²) >= 11 is 0. The van der Waals surface area contributed by atoms with Gasteiger partial charge >= 0.3 is 7.12 Å². The van der Waals surface area contributed by atoms with Gasteiger partial charge in [0, 0.05) is 18.1 Å². The molecule has 1 aromatic heterocycles. The lowest BCUT2D eigenvalue weighted by atomic mass is 9.80. The predicted molar refractivity (Wildman–Crippen MR) is 78.9 cm³/mol. The smallest absolute Gasteiger partial charge is 0.399 e. The Labute approximate surface area is 120 Å². The maximum absolute atomic E-state index is 11.3. The quantitative estimate of drug-likeness (QED) is 0.854. The van der Waals surface area contributed by atoms with Crippen LogP contribution in [0.4, 0.5) is 5.82 Å². The van der Waals surface area contributed by atoms with Crippen molar-refractivity contribution in [1.82, 2.24) is 4.98 Å². The number of hydrogen-bond acceptors (Lipinski definition) is 4. The Morgan fingerprint density at radius 3 is 2.30 bits per heavy atom. The van der Waals surface area contributed by atoms with Crippen molar-refractivity contribution in [2.75, 3.05) is 5.32 Å². The number of carbonyl (C=O) groups excluding carboxylic acids is 1. The molecule has 20 heavy (non-hydrogen) atoms. The normalized spacial score (nSPS) is 19.9. The molecular weight excluding hydrogens is 255 g/mol. The summed E-state index contributed by atoms with van der Waals surface area (Å²) in [6, 6.07) is 3.62. The van der Waals surface area contributed by atoms with Crippen molar-refractivity contribution >= 4 is 24.3 Å². The van der Waals surface area contributed by atoms with Crippen molar-refractivity contribution in [2.24, 2.45) is 0 Å². The zero-order valence-electron chi connectivity index (χ0n) is 12.7. The first-order valence-corrected chi connectivity index (χ1v) is 6.86. The Bertz CT molecular complexity index is 484. The topological polar surface area (TPSA) is 60.5 Å². The molecule has 5 nitrogen and oxygen atoms in total. The summed E-state index contributed by atoms with van der Waals surface area (Å²) < 4.78 is 11.9. The minimum atomic E-state index is -0.427. The van der Waals surface area contributed by atoms with E-state index in [0.717, 1.165) is 5.46 Å². The summed E-state index contributed by atoms with van der Waals surface area (Å²) in [6.07, 6.45) is 2.11. The number of hydrogen-bond donors (Lipinski definition) is 1. The predicted octanol–water partition coefficient (Wildman–Crippen LogP) is 1.73. The van der Waals surface area contributed by atoms with Gasteiger partial charge < -0.3 is 14.6 Å². The van der Waals surface area contributed by atoms with Crippen LogP contribution < -0.4 is 10.8 Å². The van der Waals surface area contributed by atoms with Gasteiger partial charge in [0.05, 0.1) is 11.2 Å². The highest BCUT2D eigenvalue weighted by Gasteiger charge is 2.51. The zero-order valence-corrected chi connectivity index (χ0v) is 12.7. The average Bonchev–Trinajstić information content (AvgIpc) is 2.59. The van der Waals surface area contributed by atoms with Crippen LogP contribution in [-0.4, -0.2) is 29.2 Å². The number of nitrogens with zero attached hydrogens (tertiary/aromatic N) is 1. The molecule has 2 heterocycles. The molecule has 6 heteroatoms. The summed E-state index contributed by atoms with van der Waals surface area (Å²) in [5.74, 6) is 0.484. The zero-order chi connectivity index (χ0) is 15.0. The molecule has 1 saturated heterocycles. The minimum absolute atomic E-state index is 0.0547. The SMILES string of the molecule is CCC(=O)Nc1ccc(B2OC(C)(C)C(C)(C)O2)cn1. The molecule has 1 N–H and O–H groups in total. The lowest BCUT2D eigenvalue weighted by Crippen LogP contribution is -2.41. The highest BCUT2D eigenvalue weighted by Crippen LogP contribution is 2.36. The molecule has 1 fully saturated rings. The molecule has 0 radical (unpaired) electrons. The second-order valence-electron chi connectivity index (χ2n) is 5.97. The fourth-order valence-electron chi connectivity index (χ4n) is 1.83. The van der Waals surface area contributed by atoms with Crippen molar-refractivity contribution in [3.8, 4) is 0 Å². The Morgan fingerprint density at radius 2 is 1.85 bits per heavy atom. The van der Waals surface area contributed by atoms with E-state index in [-0.39, 0.29) is 17.1 Å². The lowest BCUT2D eigenvalue weighted by Gasteiger charge is -2.32. The Kier molecular flexibility index (Phi) is 3.89. The third kappa shape index (κ3) is 2.86. The van der Waals surface area contributed by atoms with Crippen molar-refractivity contribution in [3.05, 3.63) is 18.3 Å². The average molecular weight is 276 g/mol. The summed E-state index contributed by atoms with van der Waals surface area (Å²) in [4.78, 5) is 15.5. The van der Waals surface area contributed by atoms with Gasteiger partial charge in [0.2, 0.25) is 5.91 Å². The maximum Gasteiger partial charge on any atom is 0.496 e. The van der Waals surface area contributed by atoms with E-state index in [1.165, 1.54) is 0 Å². The van der Waals surface area contributed by atoms with Crippen LogP contribution >= 0.6 is 0 Å². The summed E-state index contributed by atoms with van der Waals surface area (Å²) in [6.45, 7) is 9.84. The van der Waals surface area contributed by atoms with E-state index in [2.05, 4.69) is 10.3 Å². The molecule has 1 aliphatic rings. The molecule has 0 unspecified atom stereocenters. The van der Waals surface area contributed by atoms with Gasteiger partial charge in [-0.2, -0.15) is 0 Å². The van der Waals surface area contributed by atoms with Crippen molar-refractivity contribution in [3.63, 3.8) is 0 Å². The van der Waals surface area contributed by atoms with Gasteiger partial charge in [-0.15, -0.1) is 0 Å². The Balaban J connectivity index is 2.10. The fourth-order valence-corrected chi connectivity index (χ4v) is 1.83. The number of nitrogens with one attached hydrogen (secondary N) is 1. The molecule has 108 valence electrons. The number of pyridine rings is 1. The molecular formula is C14H21BN2O3. The van der Waals surface area contributed by atoms with Crippen LogP contribution in [0.25, 0.3) is 0 Å². The van der Waals surface area contributed by atoms with Crippen LogP contribution in [0.15, 0.2) is 18.3 Å². The third-order valence-electron chi connectivity index (χ3n) is 3.90. The molecule has 0 atom stereocenters. The van der Waals surface area contributed by atoms with Crippen molar-refractivity contribution < 1.29 is 14.1 Å². The Hall–Kier alpha value is -1.40. The van der Waals surface area contributed by atoms with Crippen LogP contribution in [0.3, 0.4) is 0 Å². The van der Waals surface area contributed by atoms with E-state index < -0.39 is 7.12 Å². The highest BCUT2D eigenvalue weighted by atomic mass is 16.7. The van der Waals surface area contributed by atoms with E-state index in [4.69, 9.17) is 9.31 Å². The summed E-state index contributed by atoms with van der Waals surface area (Å²) in [5.41, 5.74) is 0.109. The van der Waals surface area contributed by atoms with Crippen LogP contribution in [0.2, 0.25) is 0 Å². The van der Waals surface area contributed by atoms with Gasteiger partial charge in [0.15, 0.2) is 0 Å². The molecule has 0 aromatic carbocycles. The standard InChI is InChI=1S/C14H21BN2O3/c1-6-12(18)17-11-8-7-10(9-16-11)15-19-13(2,3)14(4,5)20-15/h7-9H,6H2,1-5H3,(H,16,17,18). The number of carbonyl (C=O) groups is 1. The second kappa shape index (κ2) is 5.18. The van der Waals surface area contributed by atoms with E-state index in [1.54, 1.807) is 19.2 Å². The third-order valence-corrected chi connectivity index (χ3v) is 3.90. The van der Waals surface area contributed by atoms with E-state index in [0.29, 0.717) is 12.2 Å². The molecule has 1 aliphatic heterocycles. The molecule has 0 bridgehead atoms. The maximum atomic E-state index is 11.3. The van der Waals surface area contributed by atoms with E-state index in [1.807, 2.05) is 33.8 Å². The Morgan fingerprint density at radius 1 is 1.25 bits per heavy atom. The van der Waals surface area contributed by atoms with Gasteiger partial charge in [0.1, 0.15) is 5.82 Å². The summed E-state index contributed by atoms with van der Waals surface area (Å²) in [7, 11) is -0.427. The second-order valence-corrected chi connectivity index (χ2v) is 5.97. The van der Waals surface area contributed by atoms with E-state index >= 15 is 0 Å². The van der Waals surface area contributed by atoms with Crippen molar-refractivity contribution in [1.29, 1.82) is 0 Å². The number of anilines is 1. The van der Waals surface area contributed by atoms with Gasteiger partial charge in [-0.1, -0.05) is 13.0 Å². The fraction of sp³-hybridized carbons (Fsp3) is 0.571. The van der Waals surface area contributed by atoms with Gasteiger partial charge in [-0.25, -0.2) is 4.98 Å². The minimum Gasteiger partial charge on any atom is -0.399 e. The first-order valence-electron chi connectivity index (χ1n) is 6.86. The molecule has 0 spiro atoms. The summed E-state index contributed by atoms with van der Waals surface area (Å²) in [5, 5.41) is 2.71. The molecule has 0 aliphatic carbocycles. The first kappa shape index (κ1) is 15.0. The number of amides is 1. The first-order chi connectivity index (χ1) is 9.25. The van der Waals surface area contributed by atoms with Gasteiger partial charge in [0.25, 0.3) is 0 Å². The lowest BCUT2D eigenvalue weighted by molar-refractivity contribution is -0.115. The van der Waals surface area contributed by atoms with E-state index in [9.17, 15) is 4.79 Å². The molecule has 0 saturated carbocycles. The van der Waals surface area contributed by atoms with Gasteiger partial charge in [-0.3, -0.25) is 4.79 Å². The highest BCUT2D eigenvalue weighted by molar-refractivity contribution is 6.62. The number of rotatable bonds is 3. The van der Waals surface area contributed by atoms with Crippen LogP contribution in [0.5, 0.6) is 0 Å². The van der Waals surface area contributed by atoms with Crippen molar-refractivity contribution in [2.45, 2.75) is 52.2 Å². The monoisotopic (exact) mass is 276 g/mol. The van der Waals surface area contributed by atoms with Crippen LogP contribution in [0, 0.1) is 0 Å². The van der Waals surface area contributed by atoms with Crippen LogP contribution in [-0.2, 0) is 14.1 Å². The molecule has 1 amide bonds. The molecule has 2 rings (SSSR count). The molecule has 1 aromatic rings. The van der Waals surface area contributed by atoms with Crippen LogP contribution in [0.1, 0.15) is 41.0 Å². The van der Waals surface area contributed by atoms with Gasteiger partial charge in [-0.05, 0) is 33.8 Å². The largest absolute Gasteiger partial charge is 0.496 e. The number of aromatic nitrogens is 1.